The Morgan fingerprint density at radius 1 is 1.09 bits per heavy atom. The predicted molar refractivity (Wildman–Crippen MR) is 129 cm³/mol. The van der Waals surface area contributed by atoms with E-state index in [1.165, 1.54) is 12.0 Å². The van der Waals surface area contributed by atoms with E-state index in [1.54, 1.807) is 0 Å². The summed E-state index contributed by atoms with van der Waals surface area (Å²) >= 11 is 0. The monoisotopic (exact) mass is 451 g/mol. The number of benzene rings is 1. The van der Waals surface area contributed by atoms with E-state index in [2.05, 4.69) is 18.1 Å². The number of likely N-dealkylation sites (N-methyl/N-ethyl adjacent to an activating group) is 1. The van der Waals surface area contributed by atoms with Gasteiger partial charge in [0.15, 0.2) is 5.60 Å². The first-order chi connectivity index (χ1) is 16.0. The van der Waals surface area contributed by atoms with Crippen LogP contribution in [-0.4, -0.2) is 53.3 Å². The number of nitrogens with zero attached hydrogens (tertiary/aromatic N) is 2. The number of aryl methyl sites for hydroxylation is 1. The predicted octanol–water partition coefficient (Wildman–Crippen LogP) is 4.63. The Labute approximate surface area is 198 Å². The van der Waals surface area contributed by atoms with Crippen molar-refractivity contribution in [1.82, 2.24) is 4.98 Å². The number of likely N-dealkylation sites (tertiary alicyclic amines) is 1. The van der Waals surface area contributed by atoms with Crippen LogP contribution in [0, 0.1) is 5.92 Å². The largest absolute Gasteiger partial charge is 0.457 e. The molecular weight excluding hydrogens is 412 g/mol. The van der Waals surface area contributed by atoms with Gasteiger partial charge < -0.3 is 14.3 Å². The van der Waals surface area contributed by atoms with Crippen molar-refractivity contribution in [1.29, 1.82) is 0 Å². The number of hydrogen-bond acceptors (Lipinski definition) is 4. The maximum absolute atomic E-state index is 13.4. The highest BCUT2D eigenvalue weighted by atomic mass is 16.6. The number of aromatic nitrogens is 1. The maximum Gasteiger partial charge on any atom is 0.343 e. The molecule has 3 atom stereocenters. The smallest absolute Gasteiger partial charge is 0.343 e. The van der Waals surface area contributed by atoms with Crippen molar-refractivity contribution < 1.29 is 19.1 Å². The molecule has 5 heteroatoms. The zero-order valence-electron chi connectivity index (χ0n) is 20.0. The van der Waals surface area contributed by atoms with Gasteiger partial charge in [0.05, 0.1) is 20.1 Å². The molecule has 1 aromatic heterocycles. The third-order valence-corrected chi connectivity index (χ3v) is 8.07. The molecule has 1 saturated heterocycles. The van der Waals surface area contributed by atoms with Crippen LogP contribution in [0.5, 0.6) is 0 Å². The number of hydrogen-bond donors (Lipinski definition) is 1. The van der Waals surface area contributed by atoms with E-state index >= 15 is 0 Å². The SMILES string of the molecule is C[N+]1(CCCc2cccnc2)CCCC1COC(=O)[C@](O)(c1ccccc1)C1CCCCC1. The topological polar surface area (TPSA) is 59.4 Å². The molecule has 1 saturated carbocycles. The van der Waals surface area contributed by atoms with Gasteiger partial charge in [0.1, 0.15) is 12.6 Å². The van der Waals surface area contributed by atoms with Gasteiger partial charge in [-0.15, -0.1) is 0 Å². The van der Waals surface area contributed by atoms with Gasteiger partial charge >= 0.3 is 5.97 Å². The summed E-state index contributed by atoms with van der Waals surface area (Å²) in [6, 6.07) is 13.8. The van der Waals surface area contributed by atoms with Crippen LogP contribution in [0.4, 0.5) is 0 Å². The van der Waals surface area contributed by atoms with E-state index in [9.17, 15) is 9.90 Å². The lowest BCUT2D eigenvalue weighted by Crippen LogP contribution is -2.52. The first-order valence-electron chi connectivity index (χ1n) is 12.7. The molecule has 1 aliphatic heterocycles. The van der Waals surface area contributed by atoms with Gasteiger partial charge in [-0.25, -0.2) is 4.79 Å². The van der Waals surface area contributed by atoms with Crippen molar-refractivity contribution in [2.45, 2.75) is 69.4 Å². The molecule has 2 fully saturated rings. The molecule has 1 aromatic carbocycles. The summed E-state index contributed by atoms with van der Waals surface area (Å²) in [7, 11) is 2.29. The molecule has 2 aliphatic rings. The number of carbonyl (C=O) groups is 1. The molecule has 0 bridgehead atoms. The summed E-state index contributed by atoms with van der Waals surface area (Å²) in [6.07, 6.45) is 13.1. The number of ether oxygens (including phenoxy) is 1. The molecule has 1 aliphatic carbocycles. The number of pyridine rings is 1. The fraction of sp³-hybridized carbons (Fsp3) is 0.571. The van der Waals surface area contributed by atoms with Crippen molar-refractivity contribution in [3.05, 3.63) is 66.0 Å². The van der Waals surface area contributed by atoms with Gasteiger partial charge in [0.25, 0.3) is 0 Å². The highest BCUT2D eigenvalue weighted by Gasteiger charge is 2.48. The molecular formula is C28H39N2O3+. The summed E-state index contributed by atoms with van der Waals surface area (Å²) in [6.45, 7) is 2.55. The molecule has 178 valence electrons. The van der Waals surface area contributed by atoms with Gasteiger partial charge in [0.2, 0.25) is 0 Å². The molecule has 0 spiro atoms. The number of esters is 1. The first kappa shape index (κ1) is 23.9. The van der Waals surface area contributed by atoms with Crippen molar-refractivity contribution in [2.24, 2.45) is 5.92 Å². The molecule has 0 radical (unpaired) electrons. The van der Waals surface area contributed by atoms with Crippen molar-refractivity contribution in [3.63, 3.8) is 0 Å². The highest BCUT2D eigenvalue weighted by Crippen LogP contribution is 2.40. The Bertz CT molecular complexity index is 885. The van der Waals surface area contributed by atoms with Crippen molar-refractivity contribution in [2.75, 3.05) is 26.7 Å². The van der Waals surface area contributed by atoms with Crippen LogP contribution in [0.25, 0.3) is 0 Å². The number of quaternary nitrogens is 1. The molecule has 2 heterocycles. The molecule has 1 N–H and O–H groups in total. The van der Waals surface area contributed by atoms with Gasteiger partial charge in [-0.3, -0.25) is 4.98 Å². The summed E-state index contributed by atoms with van der Waals surface area (Å²) in [4.78, 5) is 17.7. The summed E-state index contributed by atoms with van der Waals surface area (Å²) in [5.41, 5.74) is 0.387. The van der Waals surface area contributed by atoms with Gasteiger partial charge in [-0.1, -0.05) is 55.7 Å². The molecule has 2 aromatic rings. The number of rotatable bonds is 9. The van der Waals surface area contributed by atoms with Crippen LogP contribution >= 0.6 is 0 Å². The Kier molecular flexibility index (Phi) is 7.82. The Morgan fingerprint density at radius 2 is 1.88 bits per heavy atom. The normalized spacial score (nSPS) is 25.5. The third kappa shape index (κ3) is 5.47. The summed E-state index contributed by atoms with van der Waals surface area (Å²) < 4.78 is 6.88. The van der Waals surface area contributed by atoms with Crippen LogP contribution in [0.2, 0.25) is 0 Å². The quantitative estimate of drug-likeness (QED) is 0.446. The van der Waals surface area contributed by atoms with E-state index in [-0.39, 0.29) is 12.0 Å². The van der Waals surface area contributed by atoms with E-state index in [4.69, 9.17) is 4.74 Å². The minimum atomic E-state index is -1.55. The van der Waals surface area contributed by atoms with E-state index in [1.807, 2.05) is 48.8 Å². The minimum Gasteiger partial charge on any atom is -0.457 e. The zero-order chi connectivity index (χ0) is 23.2. The highest BCUT2D eigenvalue weighted by molar-refractivity contribution is 5.81. The second-order valence-electron chi connectivity index (χ2n) is 10.3. The summed E-state index contributed by atoms with van der Waals surface area (Å²) in [5, 5.41) is 11.8. The third-order valence-electron chi connectivity index (χ3n) is 8.07. The van der Waals surface area contributed by atoms with E-state index < -0.39 is 11.6 Å². The average molecular weight is 452 g/mol. The van der Waals surface area contributed by atoms with Gasteiger partial charge in [-0.05, 0) is 36.5 Å². The van der Waals surface area contributed by atoms with Crippen LogP contribution in [0.3, 0.4) is 0 Å². The molecule has 2 unspecified atom stereocenters. The van der Waals surface area contributed by atoms with Crippen molar-refractivity contribution in [3.8, 4) is 0 Å². The van der Waals surface area contributed by atoms with Crippen molar-refractivity contribution >= 4 is 5.97 Å². The Hall–Kier alpha value is -2.24. The summed E-state index contributed by atoms with van der Waals surface area (Å²) in [5.74, 6) is -0.542. The lowest BCUT2D eigenvalue weighted by atomic mass is 9.73. The van der Waals surface area contributed by atoms with Crippen LogP contribution in [0.15, 0.2) is 54.9 Å². The maximum atomic E-state index is 13.4. The van der Waals surface area contributed by atoms with Crippen LogP contribution < -0.4 is 0 Å². The lowest BCUT2D eigenvalue weighted by molar-refractivity contribution is -0.921. The molecule has 0 amide bonds. The van der Waals surface area contributed by atoms with Gasteiger partial charge in [0, 0.05) is 37.6 Å². The van der Waals surface area contributed by atoms with E-state index in [0.29, 0.717) is 12.2 Å². The second kappa shape index (κ2) is 10.8. The van der Waals surface area contributed by atoms with Crippen LogP contribution in [0.1, 0.15) is 62.5 Å². The van der Waals surface area contributed by atoms with Crippen LogP contribution in [-0.2, 0) is 21.6 Å². The first-order valence-corrected chi connectivity index (χ1v) is 12.7. The van der Waals surface area contributed by atoms with E-state index in [0.717, 1.165) is 68.9 Å². The fourth-order valence-corrected chi connectivity index (χ4v) is 5.95. The van der Waals surface area contributed by atoms with Gasteiger partial charge in [-0.2, -0.15) is 0 Å². The minimum absolute atomic E-state index is 0.0786. The standard InChI is InChI=1S/C28H39N2O3/c1-30(19-9-12-23-11-8-18-29-21-23)20-10-17-26(30)22-33-27(31)28(32,24-13-4-2-5-14-24)25-15-6-3-7-16-25/h2,4-5,8,11,13-14,18,21,25-26,32H,3,6-7,9-10,12,15-17,19-20,22H2,1H3/q+1/t26?,28-,30?/m0/s1. The average Bonchev–Trinajstić information content (AvgIpc) is 3.23. The second-order valence-corrected chi connectivity index (χ2v) is 10.3. The number of carbonyl (C=O) groups excluding carboxylic acids is 1. The molecule has 5 nitrogen and oxygen atoms in total. The fourth-order valence-electron chi connectivity index (χ4n) is 5.95. The lowest BCUT2D eigenvalue weighted by Gasteiger charge is -2.39. The Balaban J connectivity index is 1.39. The zero-order valence-corrected chi connectivity index (χ0v) is 20.0. The molecule has 4 rings (SSSR count). The molecule has 33 heavy (non-hydrogen) atoms. The number of aliphatic hydroxyl groups is 1. The Morgan fingerprint density at radius 3 is 2.61 bits per heavy atom.